The third kappa shape index (κ3) is 3.39. The Balaban J connectivity index is 1.61. The number of rotatable bonds is 5. The molecule has 0 spiro atoms. The van der Waals surface area contributed by atoms with Crippen LogP contribution in [0.1, 0.15) is 24.3 Å². The second-order valence-corrected chi connectivity index (χ2v) is 5.70. The van der Waals surface area contributed by atoms with Crippen LogP contribution in [0.25, 0.3) is 0 Å². The van der Waals surface area contributed by atoms with Crippen LogP contribution in [-0.4, -0.2) is 46.4 Å². The third-order valence-corrected chi connectivity index (χ3v) is 3.86. The highest BCUT2D eigenvalue weighted by atomic mass is 16.5. The van der Waals surface area contributed by atoms with Gasteiger partial charge in [-0.3, -0.25) is 4.90 Å². The zero-order chi connectivity index (χ0) is 14.7. The smallest absolute Gasteiger partial charge is 0.151 e. The molecule has 3 rings (SSSR count). The highest BCUT2D eigenvalue weighted by Gasteiger charge is 2.26. The van der Waals surface area contributed by atoms with Crippen LogP contribution in [-0.2, 0) is 6.54 Å². The molecule has 3 heterocycles. The number of hydrogen-bond donors (Lipinski definition) is 0. The van der Waals surface area contributed by atoms with Crippen molar-refractivity contribution in [1.29, 1.82) is 0 Å². The Morgan fingerprint density at radius 2 is 2.38 bits per heavy atom. The van der Waals surface area contributed by atoms with Gasteiger partial charge in [-0.25, -0.2) is 0 Å². The normalized spacial score (nSPS) is 18.6. The van der Waals surface area contributed by atoms with Crippen LogP contribution in [0.2, 0.25) is 0 Å². The maximum absolute atomic E-state index is 5.12. The van der Waals surface area contributed by atoms with Crippen LogP contribution in [0.3, 0.4) is 0 Å². The molecule has 6 nitrogen and oxygen atoms in total. The summed E-state index contributed by atoms with van der Waals surface area (Å²) in [5, 5.41) is 12.3. The number of aromatic nitrogens is 3. The largest absolute Gasteiger partial charge is 0.361 e. The molecule has 1 aliphatic rings. The number of nitrogens with zero attached hydrogens (tertiary/aromatic N) is 5. The molecule has 2 aromatic heterocycles. The minimum absolute atomic E-state index is 0.486. The first-order valence-corrected chi connectivity index (χ1v) is 7.37. The van der Waals surface area contributed by atoms with E-state index in [0.717, 1.165) is 36.9 Å². The second kappa shape index (κ2) is 6.22. The van der Waals surface area contributed by atoms with E-state index in [0.29, 0.717) is 6.04 Å². The van der Waals surface area contributed by atoms with E-state index in [2.05, 4.69) is 32.2 Å². The molecule has 112 valence electrons. The third-order valence-electron chi connectivity index (χ3n) is 3.86. The monoisotopic (exact) mass is 287 g/mol. The zero-order valence-corrected chi connectivity index (χ0v) is 12.6. The van der Waals surface area contributed by atoms with Gasteiger partial charge < -0.3 is 9.42 Å². The van der Waals surface area contributed by atoms with Crippen LogP contribution in [0.5, 0.6) is 0 Å². The molecule has 0 N–H and O–H groups in total. The summed E-state index contributed by atoms with van der Waals surface area (Å²) in [6, 6.07) is 6.46. The SMILES string of the molecule is Cc1cc(CN(C)C[C@@H]2CCCN2c2cccnn2)no1. The summed E-state index contributed by atoms with van der Waals surface area (Å²) in [4.78, 5) is 4.65. The van der Waals surface area contributed by atoms with Gasteiger partial charge in [0, 0.05) is 37.9 Å². The molecule has 0 amide bonds. The first-order chi connectivity index (χ1) is 10.2. The van der Waals surface area contributed by atoms with Gasteiger partial charge in [-0.05, 0) is 38.9 Å². The number of anilines is 1. The molecule has 0 saturated carbocycles. The lowest BCUT2D eigenvalue weighted by atomic mass is 10.2. The lowest BCUT2D eigenvalue weighted by molar-refractivity contribution is 0.289. The number of hydrogen-bond acceptors (Lipinski definition) is 6. The molecule has 0 bridgehead atoms. The Morgan fingerprint density at radius 3 is 3.10 bits per heavy atom. The molecule has 1 fully saturated rings. The minimum Gasteiger partial charge on any atom is -0.361 e. The van der Waals surface area contributed by atoms with E-state index in [9.17, 15) is 0 Å². The van der Waals surface area contributed by atoms with Crippen molar-refractivity contribution in [2.45, 2.75) is 32.4 Å². The molecular formula is C15H21N5O. The van der Waals surface area contributed by atoms with Gasteiger partial charge in [0.2, 0.25) is 0 Å². The van der Waals surface area contributed by atoms with Crippen molar-refractivity contribution >= 4 is 5.82 Å². The maximum Gasteiger partial charge on any atom is 0.151 e. The van der Waals surface area contributed by atoms with Gasteiger partial charge >= 0.3 is 0 Å². The molecule has 2 aromatic rings. The van der Waals surface area contributed by atoms with Gasteiger partial charge in [0.1, 0.15) is 5.76 Å². The van der Waals surface area contributed by atoms with Gasteiger partial charge in [0.15, 0.2) is 5.82 Å². The van der Waals surface area contributed by atoms with Crippen molar-refractivity contribution in [3.05, 3.63) is 35.9 Å². The van der Waals surface area contributed by atoms with E-state index in [1.807, 2.05) is 25.1 Å². The fraction of sp³-hybridized carbons (Fsp3) is 0.533. The Hall–Kier alpha value is -1.95. The van der Waals surface area contributed by atoms with E-state index in [1.54, 1.807) is 6.20 Å². The van der Waals surface area contributed by atoms with E-state index in [-0.39, 0.29) is 0 Å². The van der Waals surface area contributed by atoms with Crippen molar-refractivity contribution in [3.63, 3.8) is 0 Å². The van der Waals surface area contributed by atoms with Gasteiger partial charge in [-0.2, -0.15) is 5.10 Å². The molecule has 1 aliphatic heterocycles. The van der Waals surface area contributed by atoms with Crippen LogP contribution in [0.15, 0.2) is 28.9 Å². The van der Waals surface area contributed by atoms with Crippen molar-refractivity contribution in [2.75, 3.05) is 25.0 Å². The van der Waals surface area contributed by atoms with Crippen LogP contribution in [0, 0.1) is 6.92 Å². The van der Waals surface area contributed by atoms with Gasteiger partial charge in [-0.1, -0.05) is 5.16 Å². The number of likely N-dealkylation sites (N-methyl/N-ethyl adjacent to an activating group) is 1. The first-order valence-electron chi connectivity index (χ1n) is 7.37. The Kier molecular flexibility index (Phi) is 4.15. The predicted octanol–water partition coefficient (Wildman–Crippen LogP) is 1.87. The van der Waals surface area contributed by atoms with Crippen molar-refractivity contribution < 1.29 is 4.52 Å². The van der Waals surface area contributed by atoms with Gasteiger partial charge in [-0.15, -0.1) is 5.10 Å². The molecule has 0 aliphatic carbocycles. The topological polar surface area (TPSA) is 58.3 Å². The summed E-state index contributed by atoms with van der Waals surface area (Å²) in [5.74, 6) is 1.84. The molecule has 0 aromatic carbocycles. The van der Waals surface area contributed by atoms with Crippen LogP contribution >= 0.6 is 0 Å². The van der Waals surface area contributed by atoms with Gasteiger partial charge in [0.05, 0.1) is 5.69 Å². The highest BCUT2D eigenvalue weighted by molar-refractivity contribution is 5.39. The molecule has 1 atom stereocenters. The Labute approximate surface area is 124 Å². The summed E-state index contributed by atoms with van der Waals surface area (Å²) in [6.45, 7) is 4.77. The Morgan fingerprint density at radius 1 is 1.48 bits per heavy atom. The summed E-state index contributed by atoms with van der Waals surface area (Å²) < 4.78 is 5.12. The molecule has 0 radical (unpaired) electrons. The first kappa shape index (κ1) is 14.0. The fourth-order valence-electron chi connectivity index (χ4n) is 2.97. The average molecular weight is 287 g/mol. The molecule has 6 heteroatoms. The maximum atomic E-state index is 5.12. The van der Waals surface area contributed by atoms with E-state index in [4.69, 9.17) is 4.52 Å². The predicted molar refractivity (Wildman–Crippen MR) is 80.0 cm³/mol. The van der Waals surface area contributed by atoms with Crippen molar-refractivity contribution in [2.24, 2.45) is 0 Å². The average Bonchev–Trinajstić information content (AvgIpc) is 3.09. The van der Waals surface area contributed by atoms with Gasteiger partial charge in [0.25, 0.3) is 0 Å². The molecular weight excluding hydrogens is 266 g/mol. The second-order valence-electron chi connectivity index (χ2n) is 5.70. The van der Waals surface area contributed by atoms with Crippen molar-refractivity contribution in [1.82, 2.24) is 20.3 Å². The molecule has 21 heavy (non-hydrogen) atoms. The standard InChI is InChI=1S/C15H21N5O/c1-12-9-13(18-21-12)10-19(2)11-14-5-4-8-20(14)15-6-3-7-16-17-15/h3,6-7,9,14H,4-5,8,10-11H2,1-2H3/t14-/m0/s1. The zero-order valence-electron chi connectivity index (χ0n) is 12.6. The van der Waals surface area contributed by atoms with Crippen LogP contribution in [0.4, 0.5) is 5.82 Å². The summed E-state index contributed by atoms with van der Waals surface area (Å²) in [6.07, 6.45) is 4.12. The molecule has 0 unspecified atom stereocenters. The summed E-state index contributed by atoms with van der Waals surface area (Å²) in [7, 11) is 2.12. The lowest BCUT2D eigenvalue weighted by Gasteiger charge is -2.28. The Bertz CT molecular complexity index is 570. The summed E-state index contributed by atoms with van der Waals surface area (Å²) >= 11 is 0. The van der Waals surface area contributed by atoms with E-state index < -0.39 is 0 Å². The highest BCUT2D eigenvalue weighted by Crippen LogP contribution is 2.23. The number of aryl methyl sites for hydroxylation is 1. The fourth-order valence-corrected chi connectivity index (χ4v) is 2.97. The van der Waals surface area contributed by atoms with Crippen molar-refractivity contribution in [3.8, 4) is 0 Å². The lowest BCUT2D eigenvalue weighted by Crippen LogP contribution is -2.39. The van der Waals surface area contributed by atoms with E-state index >= 15 is 0 Å². The molecule has 1 saturated heterocycles. The van der Waals surface area contributed by atoms with E-state index in [1.165, 1.54) is 12.8 Å². The summed E-state index contributed by atoms with van der Waals surface area (Å²) in [5.41, 5.74) is 0.985. The van der Waals surface area contributed by atoms with Crippen LogP contribution < -0.4 is 4.90 Å². The quantitative estimate of drug-likeness (QED) is 0.837. The minimum atomic E-state index is 0.486.